The van der Waals surface area contributed by atoms with Crippen molar-refractivity contribution in [2.24, 2.45) is 0 Å². The van der Waals surface area contributed by atoms with Gasteiger partial charge in [0, 0.05) is 0 Å². The number of carbonyl (C=O) groups is 1. The second-order valence-corrected chi connectivity index (χ2v) is 6.50. The number of carboxylic acid groups (broad SMARTS) is 1. The Morgan fingerprint density at radius 1 is 0.870 bits per heavy atom. The molecule has 23 heavy (non-hydrogen) atoms. The molecule has 0 aliphatic carbocycles. The fourth-order valence-corrected chi connectivity index (χ4v) is 2.53. The Morgan fingerprint density at radius 3 is 1.52 bits per heavy atom. The molecule has 0 radical (unpaired) electrons. The molecule has 0 saturated carbocycles. The van der Waals surface area contributed by atoms with Crippen LogP contribution in [-0.2, 0) is 0 Å². The molecule has 0 N–H and O–H groups in total. The molecular formula is C20H35NO2. The Kier molecular flexibility index (Phi) is 12.4. The van der Waals surface area contributed by atoms with Crippen molar-refractivity contribution in [2.45, 2.75) is 59.3 Å². The van der Waals surface area contributed by atoms with Crippen LogP contribution in [0, 0.1) is 0 Å². The Bertz CT molecular complexity index is 382. The van der Waals surface area contributed by atoms with E-state index >= 15 is 0 Å². The Morgan fingerprint density at radius 2 is 1.26 bits per heavy atom. The van der Waals surface area contributed by atoms with Gasteiger partial charge in [-0.3, -0.25) is 0 Å². The summed E-state index contributed by atoms with van der Waals surface area (Å²) >= 11 is 0. The number of quaternary nitrogens is 1. The smallest absolute Gasteiger partial charge is 0.0784 e. The van der Waals surface area contributed by atoms with Gasteiger partial charge in [0.15, 0.2) is 0 Å². The molecule has 0 heterocycles. The molecule has 3 heteroatoms. The highest BCUT2D eigenvalue weighted by molar-refractivity contribution is 5.85. The first-order valence-electron chi connectivity index (χ1n) is 9.09. The van der Waals surface area contributed by atoms with Crippen molar-refractivity contribution >= 4 is 5.97 Å². The fraction of sp³-hybridized carbons (Fsp3) is 0.650. The molecule has 0 fully saturated rings. The lowest BCUT2D eigenvalue weighted by molar-refractivity contribution is -0.910. The van der Waals surface area contributed by atoms with Crippen molar-refractivity contribution in [1.29, 1.82) is 0 Å². The highest BCUT2D eigenvalue weighted by atomic mass is 16.4. The molecule has 3 nitrogen and oxygen atoms in total. The summed E-state index contributed by atoms with van der Waals surface area (Å²) in [6.07, 6.45) is 8.20. The van der Waals surface area contributed by atoms with Crippen molar-refractivity contribution in [3.05, 3.63) is 35.9 Å². The molecule has 0 saturated heterocycles. The minimum atomic E-state index is -1.13. The summed E-state index contributed by atoms with van der Waals surface area (Å²) in [6, 6.07) is 8.06. The van der Waals surface area contributed by atoms with Crippen LogP contribution < -0.4 is 5.11 Å². The number of hydrogen-bond donors (Lipinski definition) is 0. The van der Waals surface area contributed by atoms with Crippen molar-refractivity contribution in [3.63, 3.8) is 0 Å². The third kappa shape index (κ3) is 10.9. The molecule has 1 aromatic rings. The number of nitrogens with zero attached hydrogens (tertiary/aromatic N) is 1. The number of aromatic carboxylic acids is 1. The minimum absolute atomic E-state index is 0.220. The van der Waals surface area contributed by atoms with Crippen LogP contribution in [0.15, 0.2) is 30.3 Å². The average molecular weight is 322 g/mol. The van der Waals surface area contributed by atoms with Gasteiger partial charge in [-0.1, -0.05) is 70.4 Å². The van der Waals surface area contributed by atoms with E-state index in [0.717, 1.165) is 0 Å². The lowest BCUT2D eigenvalue weighted by Crippen LogP contribution is -2.46. The number of carboxylic acids is 1. The van der Waals surface area contributed by atoms with E-state index in [1.54, 1.807) is 18.2 Å². The minimum Gasteiger partial charge on any atom is -0.545 e. The van der Waals surface area contributed by atoms with Gasteiger partial charge in [-0.25, -0.2) is 0 Å². The standard InChI is InChI=1S/C13H30N.C7H6O2/c1-5-8-11-14(4,12-9-6-2)13-10-7-3;8-7(9)6-4-2-1-3-5-6/h5-13H2,1-4H3;1-5H,(H,8,9)/q+1;/p-1. The third-order valence-corrected chi connectivity index (χ3v) is 4.16. The van der Waals surface area contributed by atoms with Gasteiger partial charge in [-0.15, -0.1) is 0 Å². The van der Waals surface area contributed by atoms with E-state index < -0.39 is 5.97 Å². The summed E-state index contributed by atoms with van der Waals surface area (Å²) in [5.74, 6) is -1.13. The number of unbranched alkanes of at least 4 members (excludes halogenated alkanes) is 3. The fourth-order valence-electron chi connectivity index (χ4n) is 2.53. The number of rotatable bonds is 10. The number of benzene rings is 1. The molecule has 0 amide bonds. The van der Waals surface area contributed by atoms with Crippen LogP contribution >= 0.6 is 0 Å². The monoisotopic (exact) mass is 321 g/mol. The topological polar surface area (TPSA) is 40.1 Å². The maximum Gasteiger partial charge on any atom is 0.0784 e. The van der Waals surface area contributed by atoms with E-state index in [-0.39, 0.29) is 5.56 Å². The number of carbonyl (C=O) groups excluding carboxylic acids is 1. The van der Waals surface area contributed by atoms with E-state index in [1.807, 2.05) is 0 Å². The van der Waals surface area contributed by atoms with Crippen LogP contribution in [0.3, 0.4) is 0 Å². The molecule has 1 rings (SSSR count). The molecule has 0 aliphatic rings. The predicted molar refractivity (Wildman–Crippen MR) is 96.3 cm³/mol. The lowest BCUT2D eigenvalue weighted by Gasteiger charge is -2.34. The lowest BCUT2D eigenvalue weighted by atomic mass is 10.2. The summed E-state index contributed by atoms with van der Waals surface area (Å²) < 4.78 is 1.32. The average Bonchev–Trinajstić information content (AvgIpc) is 2.58. The van der Waals surface area contributed by atoms with Crippen LogP contribution in [0.2, 0.25) is 0 Å². The van der Waals surface area contributed by atoms with Gasteiger partial charge in [0.2, 0.25) is 0 Å². The molecule has 132 valence electrons. The summed E-state index contributed by atoms with van der Waals surface area (Å²) in [5, 5.41) is 10.1. The molecule has 0 aliphatic heterocycles. The first-order chi connectivity index (χ1) is 11.0. The summed E-state index contributed by atoms with van der Waals surface area (Å²) in [7, 11) is 2.45. The Balaban J connectivity index is 0.000000459. The molecule has 0 unspecified atom stereocenters. The molecule has 0 bridgehead atoms. The van der Waals surface area contributed by atoms with Crippen molar-refractivity contribution in [3.8, 4) is 0 Å². The summed E-state index contributed by atoms with van der Waals surface area (Å²) in [5.41, 5.74) is 0.220. The van der Waals surface area contributed by atoms with Crippen LogP contribution in [0.4, 0.5) is 0 Å². The van der Waals surface area contributed by atoms with Crippen LogP contribution in [0.25, 0.3) is 0 Å². The first kappa shape index (κ1) is 21.6. The van der Waals surface area contributed by atoms with Crippen molar-refractivity contribution in [1.82, 2.24) is 0 Å². The highest BCUT2D eigenvalue weighted by Crippen LogP contribution is 2.10. The largest absolute Gasteiger partial charge is 0.545 e. The molecule has 0 spiro atoms. The van der Waals surface area contributed by atoms with Gasteiger partial charge in [0.1, 0.15) is 0 Å². The van der Waals surface area contributed by atoms with E-state index in [1.165, 1.54) is 74.8 Å². The second kappa shape index (κ2) is 13.1. The zero-order valence-corrected chi connectivity index (χ0v) is 15.5. The second-order valence-electron chi connectivity index (χ2n) is 6.50. The predicted octanol–water partition coefficient (Wildman–Crippen LogP) is 3.88. The molecule has 1 aromatic carbocycles. The van der Waals surface area contributed by atoms with E-state index in [4.69, 9.17) is 0 Å². The number of hydrogen-bond acceptors (Lipinski definition) is 2. The quantitative estimate of drug-likeness (QED) is 0.614. The zero-order chi connectivity index (χ0) is 17.6. The van der Waals surface area contributed by atoms with Crippen molar-refractivity contribution in [2.75, 3.05) is 26.7 Å². The highest BCUT2D eigenvalue weighted by Gasteiger charge is 2.18. The third-order valence-electron chi connectivity index (χ3n) is 4.16. The zero-order valence-electron chi connectivity index (χ0n) is 15.5. The van der Waals surface area contributed by atoms with Gasteiger partial charge in [-0.05, 0) is 24.8 Å². The van der Waals surface area contributed by atoms with Gasteiger partial charge in [-0.2, -0.15) is 0 Å². The SMILES string of the molecule is CCCC[N+](C)(CCCC)CCCC.O=C([O-])c1ccccc1. The Labute approximate surface area is 142 Å². The summed E-state index contributed by atoms with van der Waals surface area (Å²) in [6.45, 7) is 11.0. The van der Waals surface area contributed by atoms with Gasteiger partial charge in [0.25, 0.3) is 0 Å². The van der Waals surface area contributed by atoms with Crippen LogP contribution in [-0.4, -0.2) is 37.1 Å². The van der Waals surface area contributed by atoms with Crippen LogP contribution in [0.1, 0.15) is 69.7 Å². The maximum absolute atomic E-state index is 10.1. The van der Waals surface area contributed by atoms with E-state index in [2.05, 4.69) is 27.8 Å². The van der Waals surface area contributed by atoms with Gasteiger partial charge in [0.05, 0.1) is 32.7 Å². The molecule has 0 aromatic heterocycles. The van der Waals surface area contributed by atoms with Crippen molar-refractivity contribution < 1.29 is 14.4 Å². The molecular weight excluding hydrogens is 286 g/mol. The van der Waals surface area contributed by atoms with Gasteiger partial charge >= 0.3 is 0 Å². The van der Waals surface area contributed by atoms with Gasteiger partial charge < -0.3 is 14.4 Å². The summed E-state index contributed by atoms with van der Waals surface area (Å²) in [4.78, 5) is 10.1. The Hall–Kier alpha value is -1.35. The maximum atomic E-state index is 10.1. The normalized spacial score (nSPS) is 10.8. The molecule has 0 atom stereocenters. The van der Waals surface area contributed by atoms with E-state index in [0.29, 0.717) is 0 Å². The van der Waals surface area contributed by atoms with Crippen LogP contribution in [0.5, 0.6) is 0 Å². The van der Waals surface area contributed by atoms with E-state index in [9.17, 15) is 9.90 Å². The first-order valence-corrected chi connectivity index (χ1v) is 9.09.